The summed E-state index contributed by atoms with van der Waals surface area (Å²) in [5, 5.41) is 13.0. The summed E-state index contributed by atoms with van der Waals surface area (Å²) in [7, 11) is -4.00. The number of ether oxygens (including phenoxy) is 2. The van der Waals surface area contributed by atoms with Gasteiger partial charge in [-0.05, 0) is 114 Å². The van der Waals surface area contributed by atoms with Crippen molar-refractivity contribution in [3.63, 3.8) is 0 Å². The molecule has 5 aliphatic heterocycles. The highest BCUT2D eigenvalue weighted by molar-refractivity contribution is 7.85. The van der Waals surface area contributed by atoms with Crippen LogP contribution in [0.15, 0.2) is 71.6 Å². The Balaban J connectivity index is 0.000000227. The lowest BCUT2D eigenvalue weighted by molar-refractivity contribution is -0.155. The molecule has 3 aromatic carbocycles. The minimum atomic E-state index is -4.00. The van der Waals surface area contributed by atoms with E-state index in [-0.39, 0.29) is 60.4 Å². The van der Waals surface area contributed by atoms with Gasteiger partial charge in [-0.3, -0.25) is 38.6 Å². The second-order valence-corrected chi connectivity index (χ2v) is 21.2. The molecule has 73 heavy (non-hydrogen) atoms. The number of piperidine rings is 1. The van der Waals surface area contributed by atoms with E-state index < -0.39 is 45.3 Å². The molecule has 0 bridgehead atoms. The molecule has 8 rings (SSSR count). The molecular formula is C51H67N9O12S. The summed E-state index contributed by atoms with van der Waals surface area (Å²) in [6.07, 6.45) is 0.445. The molecule has 394 valence electrons. The van der Waals surface area contributed by atoms with Crippen LogP contribution in [0.2, 0.25) is 0 Å². The van der Waals surface area contributed by atoms with E-state index >= 15 is 0 Å². The average molecular weight is 1030 g/mol. The van der Waals surface area contributed by atoms with E-state index in [0.29, 0.717) is 50.3 Å². The molecule has 5 aliphatic rings. The molecule has 22 heteroatoms. The molecule has 3 fully saturated rings. The monoisotopic (exact) mass is 1030 g/mol. The second-order valence-electron chi connectivity index (χ2n) is 19.8. The van der Waals surface area contributed by atoms with Gasteiger partial charge < -0.3 is 45.0 Å². The zero-order valence-corrected chi connectivity index (χ0v) is 43.3. The maximum absolute atomic E-state index is 13.1. The largest absolute Gasteiger partial charge is 0.460 e. The number of primary amides is 1. The van der Waals surface area contributed by atoms with Crippen LogP contribution in [0.3, 0.4) is 0 Å². The van der Waals surface area contributed by atoms with Gasteiger partial charge in [0.1, 0.15) is 23.3 Å². The van der Waals surface area contributed by atoms with Crippen molar-refractivity contribution in [2.24, 2.45) is 5.73 Å². The number of carbonyl (C=O) groups is 7. The number of amides is 6. The summed E-state index contributed by atoms with van der Waals surface area (Å²) in [6, 6.07) is 19.2. The Morgan fingerprint density at radius 1 is 0.795 bits per heavy atom. The predicted molar refractivity (Wildman–Crippen MR) is 270 cm³/mol. The molecule has 2 atom stereocenters. The molecule has 5 N–H and O–H groups in total. The number of fused-ring (bicyclic) bond motifs is 2. The fraction of sp³-hybridized carbons (Fsp3) is 0.490. The van der Waals surface area contributed by atoms with E-state index in [9.17, 15) is 42.0 Å². The van der Waals surface area contributed by atoms with Crippen LogP contribution in [0.25, 0.3) is 0 Å². The number of nitrogens with one attached hydrogen (secondary N) is 2. The lowest BCUT2D eigenvalue weighted by Crippen LogP contribution is -2.52. The Morgan fingerprint density at radius 2 is 1.33 bits per heavy atom. The maximum Gasteiger partial charge on any atom is 0.410 e. The molecule has 0 spiro atoms. The van der Waals surface area contributed by atoms with Crippen molar-refractivity contribution < 1.29 is 56.0 Å². The zero-order chi connectivity index (χ0) is 53.8. The van der Waals surface area contributed by atoms with Gasteiger partial charge in [-0.1, -0.05) is 18.2 Å². The fourth-order valence-corrected chi connectivity index (χ4v) is 9.12. The zero-order valence-electron chi connectivity index (χ0n) is 42.5. The van der Waals surface area contributed by atoms with Gasteiger partial charge >= 0.3 is 12.1 Å². The Hall–Kier alpha value is -7.09. The number of nitriles is 1. The van der Waals surface area contributed by atoms with E-state index in [2.05, 4.69) is 26.5 Å². The van der Waals surface area contributed by atoms with Crippen molar-refractivity contribution in [3.05, 3.63) is 89.0 Å². The van der Waals surface area contributed by atoms with Crippen LogP contribution in [-0.4, -0.2) is 145 Å². The number of hydrogen-bond donors (Lipinski definition) is 4. The number of anilines is 2. The van der Waals surface area contributed by atoms with E-state index in [1.54, 1.807) is 60.9 Å². The van der Waals surface area contributed by atoms with Crippen molar-refractivity contribution in [2.45, 2.75) is 115 Å². The van der Waals surface area contributed by atoms with Gasteiger partial charge in [0.2, 0.25) is 17.7 Å². The summed E-state index contributed by atoms with van der Waals surface area (Å²) in [5.74, 6) is -2.12. The highest BCUT2D eigenvalue weighted by atomic mass is 32.2. The van der Waals surface area contributed by atoms with Crippen LogP contribution < -0.4 is 26.2 Å². The highest BCUT2D eigenvalue weighted by Gasteiger charge is 2.40. The predicted octanol–water partition coefficient (Wildman–Crippen LogP) is 4.00. The van der Waals surface area contributed by atoms with Crippen LogP contribution >= 0.6 is 0 Å². The first-order chi connectivity index (χ1) is 34.3. The lowest BCUT2D eigenvalue weighted by atomic mass is 10.0. The average Bonchev–Trinajstić information content (AvgIpc) is 3.83. The third-order valence-electron chi connectivity index (χ3n) is 12.0. The van der Waals surface area contributed by atoms with Crippen molar-refractivity contribution >= 4 is 63.1 Å². The topological polar surface area (TPSA) is 282 Å². The molecule has 3 saturated heterocycles. The smallest absolute Gasteiger partial charge is 0.410 e. The van der Waals surface area contributed by atoms with Gasteiger partial charge in [-0.2, -0.15) is 13.7 Å². The number of nitrogens with zero attached hydrogens (tertiary/aromatic N) is 6. The van der Waals surface area contributed by atoms with Crippen LogP contribution in [0.1, 0.15) is 106 Å². The van der Waals surface area contributed by atoms with Gasteiger partial charge in [0.05, 0.1) is 11.0 Å². The molecule has 0 aromatic heterocycles. The highest BCUT2D eigenvalue weighted by Crippen LogP contribution is 2.32. The van der Waals surface area contributed by atoms with E-state index in [1.807, 2.05) is 45.0 Å². The van der Waals surface area contributed by atoms with Crippen molar-refractivity contribution in [2.75, 3.05) is 62.2 Å². The third kappa shape index (κ3) is 15.9. The number of imide groups is 1. The summed E-state index contributed by atoms with van der Waals surface area (Å²) < 4.78 is 40.0. The Morgan fingerprint density at radius 3 is 1.84 bits per heavy atom. The van der Waals surface area contributed by atoms with Gasteiger partial charge in [-0.15, -0.1) is 0 Å². The Kier molecular flexibility index (Phi) is 19.1. The molecule has 21 nitrogen and oxygen atoms in total. The number of nitrogens with two attached hydrogens (primary N) is 1. The number of hydrogen-bond acceptors (Lipinski definition) is 15. The molecular weight excluding hydrogens is 963 g/mol. The first-order valence-electron chi connectivity index (χ1n) is 24.0. The normalized spacial score (nSPS) is 18.0. The number of benzene rings is 3. The van der Waals surface area contributed by atoms with Gasteiger partial charge in [0.25, 0.3) is 21.9 Å². The summed E-state index contributed by atoms with van der Waals surface area (Å²) in [6.45, 7) is 19.1. The molecule has 6 amide bonds. The lowest BCUT2D eigenvalue weighted by Gasteiger charge is -2.36. The molecule has 3 aromatic rings. The van der Waals surface area contributed by atoms with Crippen LogP contribution in [0.5, 0.6) is 0 Å². The minimum Gasteiger partial charge on any atom is -0.460 e. The number of esters is 1. The molecule has 0 radical (unpaired) electrons. The Bertz CT molecular complexity index is 2670. The van der Waals surface area contributed by atoms with E-state index in [0.717, 1.165) is 48.7 Å². The SMILES string of the molecule is CC#N.CC(C)(C)OC(=O)CC[C@@H](C(N)=O)N1Cc2cc(N3CCN(C(=O)OC(C)(C)C)CC3)ccc2C1=O.O=C1CC[C@H](N2Cc3cc(N4CCNCC4)ccc3C2=O)C(=O)N1.O=S(=O)(O)c1ccccc1. The molecule has 0 saturated carbocycles. The molecule has 0 unspecified atom stereocenters. The first kappa shape index (κ1) is 56.8. The summed E-state index contributed by atoms with van der Waals surface area (Å²) >= 11 is 0. The molecule has 5 heterocycles. The Labute approximate surface area is 426 Å². The number of carbonyl (C=O) groups excluding carboxylic acids is 7. The van der Waals surface area contributed by atoms with Crippen molar-refractivity contribution in [1.29, 1.82) is 5.26 Å². The third-order valence-corrected chi connectivity index (χ3v) is 12.9. The second kappa shape index (κ2) is 24.6. The van der Waals surface area contributed by atoms with Crippen molar-refractivity contribution in [1.82, 2.24) is 25.3 Å². The summed E-state index contributed by atoms with van der Waals surface area (Å²) in [5.41, 5.74) is 9.45. The maximum atomic E-state index is 13.1. The van der Waals surface area contributed by atoms with Gasteiger partial charge in [-0.25, -0.2) is 4.79 Å². The van der Waals surface area contributed by atoms with Crippen molar-refractivity contribution in [3.8, 4) is 6.07 Å². The summed E-state index contributed by atoms with van der Waals surface area (Å²) in [4.78, 5) is 94.9. The first-order valence-corrected chi connectivity index (χ1v) is 25.5. The van der Waals surface area contributed by atoms with E-state index in [1.165, 1.54) is 24.0 Å². The van der Waals surface area contributed by atoms with Crippen LogP contribution in [0, 0.1) is 11.3 Å². The van der Waals surface area contributed by atoms with Crippen LogP contribution in [-0.2, 0) is 51.9 Å². The quantitative estimate of drug-likeness (QED) is 0.134. The number of rotatable bonds is 9. The van der Waals surface area contributed by atoms with Gasteiger partial charge in [0, 0.05) is 108 Å². The molecule has 0 aliphatic carbocycles. The fourth-order valence-electron chi connectivity index (χ4n) is 8.62. The minimum absolute atomic E-state index is 0.0157. The van der Waals surface area contributed by atoms with Crippen LogP contribution in [0.4, 0.5) is 16.2 Å². The standard InChI is InChI=1S/C26H38N4O6.C17H20N4O3.C6H6O3S.C2H3N/c1-25(2,3)35-21(31)10-9-20(22(27)32)30-16-17-15-18(7-8-19(17)23(30)33)28-11-13-29(14-12-28)24(34)36-26(4,5)6;22-15-4-3-14(16(23)19-15)21-10-11-9-12(1-2-13(11)17(21)24)20-7-5-18-6-8-20;7-10(8,9)6-4-2-1-3-5-6;1-2-3/h7-8,15,20H,9-14,16H2,1-6H3,(H2,27,32);1-2,9,14,18H,3-8,10H2,(H,19,22,23);1-5H,(H,7,8,9);1H3/t20-;14-;;/m00../s1. The van der Waals surface area contributed by atoms with Gasteiger partial charge in [0.15, 0.2) is 0 Å². The number of piperazine rings is 2. The van der Waals surface area contributed by atoms with E-state index in [4.69, 9.17) is 25.0 Å².